The fourth-order valence-corrected chi connectivity index (χ4v) is 2.08. The first kappa shape index (κ1) is 14.5. The number of amides is 1. The van der Waals surface area contributed by atoms with Gasteiger partial charge in [-0.3, -0.25) is 4.79 Å². The molecular weight excluding hydrogens is 318 g/mol. The van der Waals surface area contributed by atoms with Crippen molar-refractivity contribution in [2.45, 2.75) is 19.8 Å². The minimum absolute atomic E-state index is 0.00786. The highest BCUT2D eigenvalue weighted by molar-refractivity contribution is 9.10. The van der Waals surface area contributed by atoms with E-state index in [0.717, 1.165) is 22.3 Å². The molecule has 0 aliphatic rings. The molecule has 1 heterocycles. The number of pyridine rings is 1. The molecule has 0 bridgehead atoms. The van der Waals surface area contributed by atoms with E-state index in [0.29, 0.717) is 12.2 Å². The lowest BCUT2D eigenvalue weighted by atomic mass is 10.3. The number of carbonyl (C=O) groups excluding carboxylic acids is 1. The third-order valence-electron chi connectivity index (χ3n) is 2.66. The first-order valence-corrected chi connectivity index (χ1v) is 7.26. The van der Waals surface area contributed by atoms with Gasteiger partial charge in [-0.15, -0.1) is 0 Å². The Morgan fingerprint density at radius 3 is 2.70 bits per heavy atom. The molecule has 1 amide bonds. The molecule has 1 aromatic carbocycles. The number of benzene rings is 1. The van der Waals surface area contributed by atoms with Crippen LogP contribution >= 0.6 is 15.9 Å². The first-order chi connectivity index (χ1) is 9.69. The van der Waals surface area contributed by atoms with Crippen molar-refractivity contribution < 1.29 is 4.79 Å². The molecule has 2 rings (SSSR count). The Hall–Kier alpha value is -1.88. The maximum atomic E-state index is 11.5. The van der Waals surface area contributed by atoms with Crippen LogP contribution in [0, 0.1) is 0 Å². The minimum Gasteiger partial charge on any atom is -0.353 e. The normalized spacial score (nSPS) is 10.1. The Balaban J connectivity index is 2.02. The zero-order valence-corrected chi connectivity index (χ0v) is 12.8. The maximum Gasteiger partial charge on any atom is 0.225 e. The van der Waals surface area contributed by atoms with Crippen LogP contribution in [0.5, 0.6) is 0 Å². The van der Waals surface area contributed by atoms with Crippen LogP contribution in [-0.2, 0) is 4.79 Å². The van der Waals surface area contributed by atoms with Gasteiger partial charge >= 0.3 is 0 Å². The number of para-hydroxylation sites is 1. The van der Waals surface area contributed by atoms with Crippen molar-refractivity contribution in [3.05, 3.63) is 47.1 Å². The number of anilines is 3. The molecule has 20 heavy (non-hydrogen) atoms. The lowest BCUT2D eigenvalue weighted by molar-refractivity contribution is -0.116. The third-order valence-corrected chi connectivity index (χ3v) is 3.35. The average molecular weight is 334 g/mol. The predicted molar refractivity (Wildman–Crippen MR) is 85.2 cm³/mol. The van der Waals surface area contributed by atoms with E-state index in [9.17, 15) is 4.79 Å². The summed E-state index contributed by atoms with van der Waals surface area (Å²) in [7, 11) is 0. The van der Waals surface area contributed by atoms with Gasteiger partial charge in [0, 0.05) is 10.9 Å². The van der Waals surface area contributed by atoms with Crippen LogP contribution < -0.4 is 10.6 Å². The van der Waals surface area contributed by atoms with Crippen molar-refractivity contribution in [1.29, 1.82) is 0 Å². The molecule has 0 aliphatic carbocycles. The molecule has 4 nitrogen and oxygen atoms in total. The van der Waals surface area contributed by atoms with E-state index in [-0.39, 0.29) is 5.91 Å². The zero-order chi connectivity index (χ0) is 14.4. The van der Waals surface area contributed by atoms with E-state index in [1.54, 1.807) is 12.3 Å². The van der Waals surface area contributed by atoms with E-state index in [2.05, 4.69) is 31.5 Å². The fraction of sp³-hybridized carbons (Fsp3) is 0.200. The second-order valence-electron chi connectivity index (χ2n) is 4.34. The standard InChI is InChI=1S/C15H16BrN3O/c1-2-5-15(20)19-14-9-8-11(10-17-14)18-13-7-4-3-6-12(13)16/h3-4,6-10,18H,2,5H2,1H3,(H,17,19,20). The van der Waals surface area contributed by atoms with Gasteiger partial charge in [0.15, 0.2) is 0 Å². The van der Waals surface area contributed by atoms with Crippen molar-refractivity contribution in [2.75, 3.05) is 10.6 Å². The molecule has 0 aliphatic heterocycles. The van der Waals surface area contributed by atoms with Crippen LogP contribution in [0.4, 0.5) is 17.2 Å². The molecule has 2 N–H and O–H groups in total. The van der Waals surface area contributed by atoms with Crippen molar-refractivity contribution in [2.24, 2.45) is 0 Å². The van der Waals surface area contributed by atoms with E-state index in [1.807, 2.05) is 37.3 Å². The molecular formula is C15H16BrN3O. The molecule has 2 aromatic rings. The van der Waals surface area contributed by atoms with Crippen LogP contribution in [0.25, 0.3) is 0 Å². The summed E-state index contributed by atoms with van der Waals surface area (Å²) in [6, 6.07) is 11.5. The van der Waals surface area contributed by atoms with E-state index in [4.69, 9.17) is 0 Å². The largest absolute Gasteiger partial charge is 0.353 e. The summed E-state index contributed by atoms with van der Waals surface area (Å²) in [4.78, 5) is 15.7. The van der Waals surface area contributed by atoms with Gasteiger partial charge in [0.05, 0.1) is 17.6 Å². The number of hydrogen-bond donors (Lipinski definition) is 2. The van der Waals surface area contributed by atoms with Gasteiger partial charge in [0.25, 0.3) is 0 Å². The van der Waals surface area contributed by atoms with Crippen LogP contribution in [0.3, 0.4) is 0 Å². The lowest BCUT2D eigenvalue weighted by Gasteiger charge is -2.09. The quantitative estimate of drug-likeness (QED) is 0.856. The fourth-order valence-electron chi connectivity index (χ4n) is 1.69. The van der Waals surface area contributed by atoms with Gasteiger partial charge in [-0.1, -0.05) is 19.1 Å². The van der Waals surface area contributed by atoms with Gasteiger partial charge in [-0.25, -0.2) is 4.98 Å². The highest BCUT2D eigenvalue weighted by atomic mass is 79.9. The Labute approximate surface area is 126 Å². The van der Waals surface area contributed by atoms with Gasteiger partial charge in [-0.05, 0) is 46.6 Å². The number of halogens is 1. The second kappa shape index (κ2) is 7.05. The molecule has 0 spiro atoms. The Bertz CT molecular complexity index is 584. The number of rotatable bonds is 5. The van der Waals surface area contributed by atoms with Crippen LogP contribution in [0.2, 0.25) is 0 Å². The van der Waals surface area contributed by atoms with Crippen LogP contribution in [0.15, 0.2) is 47.1 Å². The highest BCUT2D eigenvalue weighted by Gasteiger charge is 2.03. The Morgan fingerprint density at radius 2 is 2.05 bits per heavy atom. The SMILES string of the molecule is CCCC(=O)Nc1ccc(Nc2ccccc2Br)cn1. The summed E-state index contributed by atoms with van der Waals surface area (Å²) in [6.07, 6.45) is 3.03. The molecule has 1 aromatic heterocycles. The van der Waals surface area contributed by atoms with Crippen molar-refractivity contribution in [3.8, 4) is 0 Å². The summed E-state index contributed by atoms with van der Waals surface area (Å²) < 4.78 is 0.986. The highest BCUT2D eigenvalue weighted by Crippen LogP contribution is 2.25. The molecule has 0 saturated heterocycles. The molecule has 0 unspecified atom stereocenters. The number of nitrogens with zero attached hydrogens (tertiary/aromatic N) is 1. The molecule has 0 saturated carbocycles. The monoisotopic (exact) mass is 333 g/mol. The number of carbonyl (C=O) groups is 1. The van der Waals surface area contributed by atoms with Gasteiger partial charge in [-0.2, -0.15) is 0 Å². The number of aromatic nitrogens is 1. The van der Waals surface area contributed by atoms with Crippen molar-refractivity contribution in [3.63, 3.8) is 0 Å². The van der Waals surface area contributed by atoms with Gasteiger partial charge in [0.1, 0.15) is 5.82 Å². The van der Waals surface area contributed by atoms with Crippen molar-refractivity contribution >= 4 is 39.0 Å². The summed E-state index contributed by atoms with van der Waals surface area (Å²) >= 11 is 3.48. The smallest absolute Gasteiger partial charge is 0.225 e. The maximum absolute atomic E-state index is 11.5. The summed E-state index contributed by atoms with van der Waals surface area (Å²) in [5.41, 5.74) is 1.84. The predicted octanol–water partition coefficient (Wildman–Crippen LogP) is 4.33. The first-order valence-electron chi connectivity index (χ1n) is 6.46. The summed E-state index contributed by atoms with van der Waals surface area (Å²) in [5, 5.41) is 6.01. The lowest BCUT2D eigenvalue weighted by Crippen LogP contribution is -2.11. The molecule has 0 radical (unpaired) electrons. The van der Waals surface area contributed by atoms with Crippen LogP contribution in [0.1, 0.15) is 19.8 Å². The minimum atomic E-state index is -0.00786. The molecule has 0 atom stereocenters. The van der Waals surface area contributed by atoms with E-state index in [1.165, 1.54) is 0 Å². The molecule has 0 fully saturated rings. The average Bonchev–Trinajstić information content (AvgIpc) is 2.44. The molecule has 104 valence electrons. The number of nitrogens with one attached hydrogen (secondary N) is 2. The third kappa shape index (κ3) is 4.06. The van der Waals surface area contributed by atoms with Gasteiger partial charge in [0.2, 0.25) is 5.91 Å². The Morgan fingerprint density at radius 1 is 1.25 bits per heavy atom. The van der Waals surface area contributed by atoms with Crippen LogP contribution in [-0.4, -0.2) is 10.9 Å². The van der Waals surface area contributed by atoms with E-state index < -0.39 is 0 Å². The van der Waals surface area contributed by atoms with E-state index >= 15 is 0 Å². The molecule has 5 heteroatoms. The second-order valence-corrected chi connectivity index (χ2v) is 5.19. The number of hydrogen-bond acceptors (Lipinski definition) is 3. The Kier molecular flexibility index (Phi) is 5.12. The zero-order valence-electron chi connectivity index (χ0n) is 11.2. The summed E-state index contributed by atoms with van der Waals surface area (Å²) in [5.74, 6) is 0.563. The van der Waals surface area contributed by atoms with Crippen molar-refractivity contribution in [1.82, 2.24) is 4.98 Å². The topological polar surface area (TPSA) is 54.0 Å². The summed E-state index contributed by atoms with van der Waals surface area (Å²) in [6.45, 7) is 1.97. The van der Waals surface area contributed by atoms with Gasteiger partial charge < -0.3 is 10.6 Å².